The highest BCUT2D eigenvalue weighted by Gasteiger charge is 2.36. The Balaban J connectivity index is 1.56. The minimum Gasteiger partial charge on any atom is -0.487 e. The van der Waals surface area contributed by atoms with Crippen molar-refractivity contribution >= 4 is 27.8 Å². The van der Waals surface area contributed by atoms with Gasteiger partial charge in [0.25, 0.3) is 0 Å². The van der Waals surface area contributed by atoms with Crippen molar-refractivity contribution in [3.05, 3.63) is 82.2 Å². The third-order valence-electron chi connectivity index (χ3n) is 7.31. The zero-order valence-electron chi connectivity index (χ0n) is 22.1. The first kappa shape index (κ1) is 27.1. The van der Waals surface area contributed by atoms with Crippen molar-refractivity contribution in [3.8, 4) is 5.75 Å². The number of carboxylic acid groups (broad SMARTS) is 1. The van der Waals surface area contributed by atoms with Crippen LogP contribution in [0.15, 0.2) is 53.4 Å². The summed E-state index contributed by atoms with van der Waals surface area (Å²) in [7, 11) is -1.90. The summed E-state index contributed by atoms with van der Waals surface area (Å²) < 4.78 is 46.3. The van der Waals surface area contributed by atoms with Crippen LogP contribution in [-0.4, -0.2) is 52.1 Å². The van der Waals surface area contributed by atoms with Crippen molar-refractivity contribution in [1.82, 2.24) is 19.3 Å². The van der Waals surface area contributed by atoms with Gasteiger partial charge in [0.1, 0.15) is 17.4 Å². The Kier molecular flexibility index (Phi) is 7.10. The molecule has 0 amide bonds. The van der Waals surface area contributed by atoms with Gasteiger partial charge in [-0.3, -0.25) is 13.9 Å². The average Bonchev–Trinajstić information content (AvgIpc) is 3.20. The number of aromatic nitrogens is 3. The molecule has 206 valence electrons. The maximum atomic E-state index is 14.8. The largest absolute Gasteiger partial charge is 0.487 e. The van der Waals surface area contributed by atoms with E-state index in [1.807, 2.05) is 44.2 Å². The van der Waals surface area contributed by atoms with Gasteiger partial charge in [-0.2, -0.15) is 4.31 Å². The van der Waals surface area contributed by atoms with Gasteiger partial charge in [-0.25, -0.2) is 9.07 Å². The highest BCUT2D eigenvalue weighted by atomic mass is 32.3. The van der Waals surface area contributed by atoms with Crippen molar-refractivity contribution in [2.75, 3.05) is 6.54 Å². The maximum Gasteiger partial charge on any atom is 0.304 e. The van der Waals surface area contributed by atoms with E-state index in [9.17, 15) is 23.4 Å². The third kappa shape index (κ3) is 4.98. The summed E-state index contributed by atoms with van der Waals surface area (Å²) in [5.41, 5.74) is 5.68. The van der Waals surface area contributed by atoms with Gasteiger partial charge in [0, 0.05) is 19.5 Å². The quantitative estimate of drug-likeness (QED) is 0.280. The van der Waals surface area contributed by atoms with Crippen LogP contribution in [0.4, 0.5) is 4.39 Å². The number of halogens is 1. The van der Waals surface area contributed by atoms with Crippen molar-refractivity contribution in [2.45, 2.75) is 50.7 Å². The molecule has 3 N–H and O–H groups in total. The Morgan fingerprint density at radius 3 is 2.72 bits per heavy atom. The Morgan fingerprint density at radius 2 is 1.97 bits per heavy atom. The molecule has 11 heteroatoms. The smallest absolute Gasteiger partial charge is 0.304 e. The van der Waals surface area contributed by atoms with Crippen LogP contribution >= 0.6 is 10.8 Å². The molecule has 3 aromatic carbocycles. The van der Waals surface area contributed by atoms with Gasteiger partial charge in [-0.05, 0) is 66.8 Å². The first-order chi connectivity index (χ1) is 18.5. The number of benzene rings is 3. The summed E-state index contributed by atoms with van der Waals surface area (Å²) in [6, 6.07) is 13.7. The zero-order valence-corrected chi connectivity index (χ0v) is 22.9. The van der Waals surface area contributed by atoms with E-state index in [2.05, 4.69) is 10.3 Å². The van der Waals surface area contributed by atoms with Crippen molar-refractivity contribution < 1.29 is 28.1 Å². The third-order valence-corrected chi connectivity index (χ3v) is 9.25. The maximum absolute atomic E-state index is 14.8. The number of aryl methyl sites for hydroxylation is 3. The van der Waals surface area contributed by atoms with Crippen LogP contribution in [0.5, 0.6) is 5.75 Å². The second-order valence-corrected chi connectivity index (χ2v) is 12.0. The van der Waals surface area contributed by atoms with Crippen LogP contribution < -0.4 is 4.74 Å². The van der Waals surface area contributed by atoms with Crippen LogP contribution in [-0.2, 0) is 18.4 Å². The lowest BCUT2D eigenvalue weighted by molar-refractivity contribution is -0.137. The zero-order chi connectivity index (χ0) is 28.1. The summed E-state index contributed by atoms with van der Waals surface area (Å²) in [6.45, 7) is 5.86. The number of ether oxygens (including phenoxy) is 1. The lowest BCUT2D eigenvalue weighted by atomic mass is 9.84. The minimum atomic E-state index is -3.71. The molecule has 39 heavy (non-hydrogen) atoms. The molecule has 9 nitrogen and oxygen atoms in total. The van der Waals surface area contributed by atoms with Crippen LogP contribution in [0.1, 0.15) is 47.1 Å². The van der Waals surface area contributed by atoms with Gasteiger partial charge in [0.2, 0.25) is 0 Å². The monoisotopic (exact) mass is 554 g/mol. The molecule has 5 rings (SSSR count). The van der Waals surface area contributed by atoms with E-state index in [1.165, 1.54) is 22.5 Å². The molecule has 0 saturated heterocycles. The minimum absolute atomic E-state index is 0.103. The summed E-state index contributed by atoms with van der Waals surface area (Å²) in [5, 5.41) is 18.2. The Labute approximate surface area is 227 Å². The molecular formula is C28H31FN4O5S. The Hall–Kier alpha value is -3.51. The number of fused-ring (bicyclic) bond motifs is 2. The SMILES string of the molecule is Cc1ccc(C(CC(=O)O)c2ccc3c(nnn3C)c2C)cc1CN1CC(C)Oc2cccc(F)c2S1(O)O. The number of hydrogen-bond donors (Lipinski definition) is 3. The molecule has 1 aromatic heterocycles. The Bertz CT molecular complexity index is 1570. The average molecular weight is 555 g/mol. The fourth-order valence-electron chi connectivity index (χ4n) is 5.25. The summed E-state index contributed by atoms with van der Waals surface area (Å²) in [4.78, 5) is 11.7. The topological polar surface area (TPSA) is 121 Å². The van der Waals surface area contributed by atoms with Crippen LogP contribution in [0, 0.1) is 19.7 Å². The predicted octanol–water partition coefficient (Wildman–Crippen LogP) is 5.64. The molecule has 0 radical (unpaired) electrons. The molecule has 0 saturated carbocycles. The Morgan fingerprint density at radius 1 is 1.21 bits per heavy atom. The predicted molar refractivity (Wildman–Crippen MR) is 147 cm³/mol. The standard InChI is InChI=1S/C28H31FN4O5S/c1-16-8-9-19(22(13-26(34)35)21-10-11-24-27(18(21)3)30-31-32(24)4)12-20(16)15-33-14-17(2)38-25-7-5-6-23(29)28(25)39(33,36)37/h5-12,17,22,36-37H,13-15H2,1-4H3,(H,34,35). The molecule has 2 atom stereocenters. The molecule has 0 bridgehead atoms. The molecule has 1 aliphatic heterocycles. The molecule has 2 unspecified atom stereocenters. The van der Waals surface area contributed by atoms with Gasteiger partial charge in [0.05, 0.1) is 18.5 Å². The van der Waals surface area contributed by atoms with Gasteiger partial charge in [-0.1, -0.05) is 35.5 Å². The molecule has 0 spiro atoms. The van der Waals surface area contributed by atoms with Gasteiger partial charge >= 0.3 is 5.97 Å². The van der Waals surface area contributed by atoms with E-state index in [0.29, 0.717) is 5.52 Å². The highest BCUT2D eigenvalue weighted by molar-refractivity contribution is 8.22. The van der Waals surface area contributed by atoms with Crippen molar-refractivity contribution in [2.24, 2.45) is 7.05 Å². The molecule has 1 aliphatic rings. The molecular weight excluding hydrogens is 523 g/mol. The summed E-state index contributed by atoms with van der Waals surface area (Å²) in [5.74, 6) is -2.04. The lowest BCUT2D eigenvalue weighted by Crippen LogP contribution is -2.33. The van der Waals surface area contributed by atoms with Crippen LogP contribution in [0.25, 0.3) is 11.0 Å². The fourth-order valence-corrected chi connectivity index (χ4v) is 6.96. The lowest BCUT2D eigenvalue weighted by Gasteiger charge is -2.42. The number of carboxylic acids is 1. The number of nitrogens with zero attached hydrogens (tertiary/aromatic N) is 4. The van der Waals surface area contributed by atoms with E-state index in [0.717, 1.165) is 33.3 Å². The molecule has 0 aliphatic carbocycles. The number of hydrogen-bond acceptors (Lipinski definition) is 7. The fraction of sp³-hybridized carbons (Fsp3) is 0.321. The second-order valence-electron chi connectivity index (χ2n) is 10.0. The van der Waals surface area contributed by atoms with E-state index in [-0.39, 0.29) is 30.2 Å². The second kappa shape index (κ2) is 10.2. The highest BCUT2D eigenvalue weighted by Crippen LogP contribution is 2.58. The number of rotatable bonds is 6. The van der Waals surface area contributed by atoms with Crippen LogP contribution in [0.3, 0.4) is 0 Å². The van der Waals surface area contributed by atoms with Crippen molar-refractivity contribution in [3.63, 3.8) is 0 Å². The number of aliphatic carboxylic acids is 1. The molecule has 4 aromatic rings. The summed E-state index contributed by atoms with van der Waals surface area (Å²) in [6.07, 6.45) is -0.568. The number of carbonyl (C=O) groups is 1. The van der Waals surface area contributed by atoms with E-state index < -0.39 is 34.6 Å². The van der Waals surface area contributed by atoms with Gasteiger partial charge in [-0.15, -0.1) is 15.9 Å². The van der Waals surface area contributed by atoms with Crippen molar-refractivity contribution in [1.29, 1.82) is 0 Å². The van der Waals surface area contributed by atoms with Crippen LogP contribution in [0.2, 0.25) is 0 Å². The summed E-state index contributed by atoms with van der Waals surface area (Å²) >= 11 is 0. The molecule has 0 fully saturated rings. The van der Waals surface area contributed by atoms with E-state index in [1.54, 1.807) is 18.7 Å². The van der Waals surface area contributed by atoms with E-state index in [4.69, 9.17) is 4.74 Å². The normalized spacial score (nSPS) is 18.7. The van der Waals surface area contributed by atoms with E-state index >= 15 is 0 Å². The molecule has 2 heterocycles. The van der Waals surface area contributed by atoms with Gasteiger partial charge in [0.15, 0.2) is 10.7 Å². The first-order valence-corrected chi connectivity index (χ1v) is 14.1. The van der Waals surface area contributed by atoms with Gasteiger partial charge < -0.3 is 9.84 Å². The first-order valence-electron chi connectivity index (χ1n) is 12.6.